The Morgan fingerprint density at radius 2 is 1.47 bits per heavy atom. The van der Waals surface area contributed by atoms with Crippen LogP contribution in [0.4, 0.5) is 9.59 Å². The standard InChI is InChI=1S/C33H48N6O7S/c1-22-14-16-25(17-15-22)20-47-21-27(30(42)36-23(2)28(40)39-34)37-29(41)26(38-32(44)46-33(3,4)5)13-9-10-18-35-31(43)45-19-24-11-7-6-8-12-24/h6-8,11-12,14-17,23,26-27H,9-10,13,18-21,34H2,1-5H3,(H,35,43)(H,36,42)(H,37,41)(H,38,44)(H,39,40)/t23-,26-,27-/m0/s1. The molecule has 0 unspecified atom stereocenters. The first-order valence-corrected chi connectivity index (χ1v) is 16.6. The number of alkyl carbamates (subject to hydrolysis) is 2. The van der Waals surface area contributed by atoms with Gasteiger partial charge in [-0.15, -0.1) is 0 Å². The zero-order chi connectivity index (χ0) is 34.8. The largest absolute Gasteiger partial charge is 0.445 e. The van der Waals surface area contributed by atoms with Crippen LogP contribution in [0.1, 0.15) is 63.6 Å². The minimum atomic E-state index is -1.04. The number of aryl methyl sites for hydroxylation is 1. The summed E-state index contributed by atoms with van der Waals surface area (Å²) in [5.74, 6) is 4.20. The first-order chi connectivity index (χ1) is 22.3. The van der Waals surface area contributed by atoms with Crippen molar-refractivity contribution >= 4 is 41.7 Å². The fourth-order valence-electron chi connectivity index (χ4n) is 4.10. The Kier molecular flexibility index (Phi) is 16.6. The van der Waals surface area contributed by atoms with Gasteiger partial charge in [0.1, 0.15) is 30.3 Å². The minimum absolute atomic E-state index is 0.141. The lowest BCUT2D eigenvalue weighted by atomic mass is 10.1. The van der Waals surface area contributed by atoms with Crippen LogP contribution in [0, 0.1) is 6.92 Å². The quantitative estimate of drug-likeness (QED) is 0.0634. The lowest BCUT2D eigenvalue weighted by Gasteiger charge is -2.26. The highest BCUT2D eigenvalue weighted by molar-refractivity contribution is 7.98. The van der Waals surface area contributed by atoms with Crippen molar-refractivity contribution in [2.75, 3.05) is 12.3 Å². The second kappa shape index (κ2) is 20.0. The zero-order valence-electron chi connectivity index (χ0n) is 27.7. The van der Waals surface area contributed by atoms with Crippen LogP contribution in [0.2, 0.25) is 0 Å². The van der Waals surface area contributed by atoms with Crippen LogP contribution < -0.4 is 32.5 Å². The van der Waals surface area contributed by atoms with Crippen LogP contribution in [0.3, 0.4) is 0 Å². The smallest absolute Gasteiger partial charge is 0.408 e. The lowest BCUT2D eigenvalue weighted by Crippen LogP contribution is -2.57. The molecule has 2 aromatic rings. The van der Waals surface area contributed by atoms with E-state index in [1.54, 1.807) is 20.8 Å². The van der Waals surface area contributed by atoms with E-state index in [0.717, 1.165) is 16.7 Å². The van der Waals surface area contributed by atoms with Crippen LogP contribution in [0.15, 0.2) is 54.6 Å². The molecule has 0 aliphatic rings. The van der Waals surface area contributed by atoms with Gasteiger partial charge in [0, 0.05) is 18.1 Å². The third kappa shape index (κ3) is 16.2. The van der Waals surface area contributed by atoms with Gasteiger partial charge in [-0.25, -0.2) is 15.4 Å². The van der Waals surface area contributed by atoms with E-state index in [1.165, 1.54) is 18.7 Å². The molecule has 5 amide bonds. The van der Waals surface area contributed by atoms with Crippen molar-refractivity contribution in [2.45, 2.75) is 90.0 Å². The van der Waals surface area contributed by atoms with Crippen LogP contribution in [-0.4, -0.2) is 65.9 Å². The molecular weight excluding hydrogens is 624 g/mol. The van der Waals surface area contributed by atoms with Crippen molar-refractivity contribution in [1.29, 1.82) is 0 Å². The van der Waals surface area contributed by atoms with Crippen LogP contribution in [0.5, 0.6) is 0 Å². The van der Waals surface area contributed by atoms with E-state index < -0.39 is 53.6 Å². The van der Waals surface area contributed by atoms with E-state index in [2.05, 4.69) is 21.3 Å². The highest BCUT2D eigenvalue weighted by atomic mass is 32.2. The van der Waals surface area contributed by atoms with Crippen LogP contribution >= 0.6 is 11.8 Å². The van der Waals surface area contributed by atoms with Crippen molar-refractivity contribution in [3.05, 3.63) is 71.3 Å². The summed E-state index contributed by atoms with van der Waals surface area (Å²) in [7, 11) is 0. The monoisotopic (exact) mass is 672 g/mol. The van der Waals surface area contributed by atoms with Gasteiger partial charge in [0.2, 0.25) is 11.8 Å². The number of hydrogen-bond donors (Lipinski definition) is 6. The van der Waals surface area contributed by atoms with Gasteiger partial charge in [-0.2, -0.15) is 11.8 Å². The highest BCUT2D eigenvalue weighted by Gasteiger charge is 2.29. The van der Waals surface area contributed by atoms with Gasteiger partial charge >= 0.3 is 12.2 Å². The maximum atomic E-state index is 13.5. The molecule has 13 nitrogen and oxygen atoms in total. The fourth-order valence-corrected chi connectivity index (χ4v) is 5.11. The van der Waals surface area contributed by atoms with Crippen molar-refractivity contribution in [1.82, 2.24) is 26.7 Å². The molecule has 0 saturated heterocycles. The molecule has 0 radical (unpaired) electrons. The van der Waals surface area contributed by atoms with Gasteiger partial charge in [-0.1, -0.05) is 60.2 Å². The summed E-state index contributed by atoms with van der Waals surface area (Å²) in [5, 5.41) is 10.6. The Bertz CT molecular complexity index is 1300. The van der Waals surface area contributed by atoms with E-state index in [0.29, 0.717) is 18.6 Å². The summed E-state index contributed by atoms with van der Waals surface area (Å²) in [4.78, 5) is 63.4. The van der Waals surface area contributed by atoms with E-state index in [9.17, 15) is 24.0 Å². The molecule has 0 spiro atoms. The number of unbranched alkanes of at least 4 members (excludes halogenated alkanes) is 1. The predicted molar refractivity (Wildman–Crippen MR) is 181 cm³/mol. The first kappa shape index (κ1) is 38.9. The normalized spacial score (nSPS) is 12.9. The van der Waals surface area contributed by atoms with Crippen LogP contribution in [0.25, 0.3) is 0 Å². The van der Waals surface area contributed by atoms with Crippen LogP contribution in [-0.2, 0) is 36.2 Å². The number of nitrogens with two attached hydrogens (primary N) is 1. The SMILES string of the molecule is Cc1ccc(CSC[C@H](NC(=O)[C@H](CCCCNC(=O)OCc2ccccc2)NC(=O)OC(C)(C)C)C(=O)N[C@@H](C)C(=O)NN)cc1. The number of rotatable bonds is 17. The minimum Gasteiger partial charge on any atom is -0.445 e. The van der Waals surface area contributed by atoms with Gasteiger partial charge in [-0.05, 0) is 65.0 Å². The maximum Gasteiger partial charge on any atom is 0.408 e. The molecule has 0 saturated carbocycles. The van der Waals surface area contributed by atoms with Crippen molar-refractivity contribution in [2.24, 2.45) is 5.84 Å². The second-order valence-corrected chi connectivity index (χ2v) is 13.0. The number of hydrogen-bond acceptors (Lipinski definition) is 9. The molecule has 0 heterocycles. The summed E-state index contributed by atoms with van der Waals surface area (Å²) < 4.78 is 10.6. The van der Waals surface area contributed by atoms with E-state index in [4.69, 9.17) is 15.3 Å². The lowest BCUT2D eigenvalue weighted by molar-refractivity contribution is -0.132. The molecule has 0 aliphatic carbocycles. The Hall–Kier alpha value is -4.30. The number of nitrogens with one attached hydrogen (secondary N) is 5. The molecule has 2 rings (SSSR count). The maximum absolute atomic E-state index is 13.5. The zero-order valence-corrected chi connectivity index (χ0v) is 28.5. The number of thioether (sulfide) groups is 1. The first-order valence-electron chi connectivity index (χ1n) is 15.5. The van der Waals surface area contributed by atoms with Crippen molar-refractivity contribution < 1.29 is 33.4 Å². The third-order valence-corrected chi connectivity index (χ3v) is 7.72. The summed E-state index contributed by atoms with van der Waals surface area (Å²) >= 11 is 1.43. The number of carbonyl (C=O) groups is 5. The molecule has 0 aromatic heterocycles. The number of benzene rings is 2. The van der Waals surface area contributed by atoms with Gasteiger partial charge in [0.25, 0.3) is 5.91 Å². The van der Waals surface area contributed by atoms with E-state index in [1.807, 2.05) is 66.9 Å². The number of ether oxygens (including phenoxy) is 2. The molecule has 3 atom stereocenters. The molecule has 2 aromatic carbocycles. The van der Waals surface area contributed by atoms with E-state index >= 15 is 0 Å². The van der Waals surface area contributed by atoms with Gasteiger partial charge in [0.15, 0.2) is 0 Å². The Morgan fingerprint density at radius 3 is 2.11 bits per heavy atom. The third-order valence-electron chi connectivity index (χ3n) is 6.61. The Morgan fingerprint density at radius 1 is 0.809 bits per heavy atom. The van der Waals surface area contributed by atoms with Gasteiger partial charge < -0.3 is 30.7 Å². The van der Waals surface area contributed by atoms with Gasteiger partial charge in [-0.3, -0.25) is 19.8 Å². The summed E-state index contributed by atoms with van der Waals surface area (Å²) in [6.45, 7) is 9.00. The average molecular weight is 673 g/mol. The molecule has 258 valence electrons. The Balaban J connectivity index is 2.03. The van der Waals surface area contributed by atoms with E-state index in [-0.39, 0.29) is 25.3 Å². The molecule has 0 fully saturated rings. The summed E-state index contributed by atoms with van der Waals surface area (Å²) in [6.07, 6.45) is -0.224. The summed E-state index contributed by atoms with van der Waals surface area (Å²) in [6, 6.07) is 14.2. The predicted octanol–water partition coefficient (Wildman–Crippen LogP) is 3.20. The fraction of sp³-hybridized carbons (Fsp3) is 0.485. The number of carbonyl (C=O) groups excluding carboxylic acids is 5. The molecule has 14 heteroatoms. The van der Waals surface area contributed by atoms with Crippen molar-refractivity contribution in [3.63, 3.8) is 0 Å². The molecular formula is C33H48N6O7S. The highest BCUT2D eigenvalue weighted by Crippen LogP contribution is 2.15. The van der Waals surface area contributed by atoms with Gasteiger partial charge in [0.05, 0.1) is 0 Å². The molecule has 0 bridgehead atoms. The number of hydrazine groups is 1. The Labute approximate surface area is 280 Å². The molecule has 0 aliphatic heterocycles. The average Bonchev–Trinajstić information content (AvgIpc) is 3.02. The summed E-state index contributed by atoms with van der Waals surface area (Å²) in [5.41, 5.74) is 4.22. The second-order valence-electron chi connectivity index (χ2n) is 12.0. The number of amides is 5. The molecule has 7 N–H and O–H groups in total. The topological polar surface area (TPSA) is 190 Å². The van der Waals surface area contributed by atoms with Crippen molar-refractivity contribution in [3.8, 4) is 0 Å². The molecule has 47 heavy (non-hydrogen) atoms.